The number of carbonyl (C=O) groups is 1. The maximum atomic E-state index is 13.3. The molecule has 9 heteroatoms. The number of halogens is 3. The van der Waals surface area contributed by atoms with E-state index in [0.29, 0.717) is 19.6 Å². The number of rotatable bonds is 6. The van der Waals surface area contributed by atoms with Gasteiger partial charge in [0.05, 0.1) is 11.3 Å². The number of benzene rings is 1. The molecule has 2 aromatic rings. The van der Waals surface area contributed by atoms with Gasteiger partial charge in [0, 0.05) is 39.1 Å². The fourth-order valence-electron chi connectivity index (χ4n) is 2.57. The fraction of sp³-hybridized carbons (Fsp3) is 0.389. The summed E-state index contributed by atoms with van der Waals surface area (Å²) in [4.78, 5) is 26.0. The number of hydrogen-bond donors (Lipinski definition) is 0. The van der Waals surface area contributed by atoms with Gasteiger partial charge < -0.3 is 9.64 Å². The van der Waals surface area contributed by atoms with Crippen LogP contribution < -0.4 is 5.43 Å². The number of amides is 1. The summed E-state index contributed by atoms with van der Waals surface area (Å²) >= 11 is 0. The lowest BCUT2D eigenvalue weighted by atomic mass is 10.1. The van der Waals surface area contributed by atoms with E-state index in [1.165, 1.54) is 44.2 Å². The molecule has 0 atom stereocenters. The Kier molecular flexibility index (Phi) is 6.37. The average molecular weight is 383 g/mol. The zero-order valence-corrected chi connectivity index (χ0v) is 15.2. The molecule has 1 amide bonds. The quantitative estimate of drug-likeness (QED) is 0.720. The number of carbonyl (C=O) groups excluding carboxylic acids is 1. The highest BCUT2D eigenvalue weighted by molar-refractivity contribution is 5.91. The lowest BCUT2D eigenvalue weighted by Crippen LogP contribution is -2.34. The van der Waals surface area contributed by atoms with Gasteiger partial charge in [0.2, 0.25) is 5.43 Å². The molecular formula is C18H20F3N3O3. The summed E-state index contributed by atoms with van der Waals surface area (Å²) in [5.41, 5.74) is -2.04. The number of ether oxygens (including phenoxy) is 1. The molecule has 1 aromatic carbocycles. The lowest BCUT2D eigenvalue weighted by Gasteiger charge is -2.19. The number of aromatic nitrogens is 2. The molecule has 146 valence electrons. The van der Waals surface area contributed by atoms with Crippen LogP contribution in [-0.2, 0) is 10.9 Å². The third kappa shape index (κ3) is 4.73. The maximum absolute atomic E-state index is 13.3. The van der Waals surface area contributed by atoms with Crippen LogP contribution in [0.5, 0.6) is 0 Å². The van der Waals surface area contributed by atoms with Crippen LogP contribution in [0.1, 0.15) is 28.2 Å². The lowest BCUT2D eigenvalue weighted by molar-refractivity contribution is -0.137. The van der Waals surface area contributed by atoms with Crippen molar-refractivity contribution in [3.8, 4) is 5.69 Å². The van der Waals surface area contributed by atoms with Crippen molar-refractivity contribution in [2.75, 3.05) is 27.3 Å². The van der Waals surface area contributed by atoms with Crippen molar-refractivity contribution in [1.29, 1.82) is 0 Å². The summed E-state index contributed by atoms with van der Waals surface area (Å²) in [6.45, 7) is 2.21. The van der Waals surface area contributed by atoms with E-state index in [0.717, 1.165) is 16.8 Å². The van der Waals surface area contributed by atoms with Gasteiger partial charge in [-0.15, -0.1) is 0 Å². The maximum Gasteiger partial charge on any atom is 0.418 e. The van der Waals surface area contributed by atoms with E-state index in [9.17, 15) is 22.8 Å². The number of hydrogen-bond acceptors (Lipinski definition) is 4. The first-order valence-corrected chi connectivity index (χ1v) is 8.18. The standard InChI is InChI=1S/C18H20F3N3O3/c1-12-11-15(25)16(17(26)23(2)9-6-10-27-3)22-24(12)14-8-5-4-7-13(14)18(19,20)21/h4-5,7-8,11H,6,9-10H2,1-3H3. The Hall–Kier alpha value is -2.68. The first-order valence-electron chi connectivity index (χ1n) is 8.18. The van der Waals surface area contributed by atoms with Gasteiger partial charge in [0.15, 0.2) is 5.69 Å². The van der Waals surface area contributed by atoms with Gasteiger partial charge in [-0.1, -0.05) is 12.1 Å². The average Bonchev–Trinajstić information content (AvgIpc) is 2.60. The molecule has 0 N–H and O–H groups in total. The van der Waals surface area contributed by atoms with E-state index >= 15 is 0 Å². The molecule has 0 spiro atoms. The highest BCUT2D eigenvalue weighted by Crippen LogP contribution is 2.33. The van der Waals surface area contributed by atoms with Crippen molar-refractivity contribution in [2.24, 2.45) is 0 Å². The van der Waals surface area contributed by atoms with Crippen molar-refractivity contribution in [3.63, 3.8) is 0 Å². The van der Waals surface area contributed by atoms with Gasteiger partial charge in [0.25, 0.3) is 5.91 Å². The Morgan fingerprint density at radius 3 is 2.59 bits per heavy atom. The summed E-state index contributed by atoms with van der Waals surface area (Å²) in [6, 6.07) is 5.97. The van der Waals surface area contributed by atoms with Crippen LogP contribution in [0.3, 0.4) is 0 Å². The Morgan fingerprint density at radius 2 is 1.96 bits per heavy atom. The molecule has 0 aliphatic heterocycles. The Bertz CT molecular complexity index is 878. The van der Waals surface area contributed by atoms with Crippen molar-refractivity contribution >= 4 is 5.91 Å². The smallest absolute Gasteiger partial charge is 0.385 e. The number of alkyl halides is 3. The summed E-state index contributed by atoms with van der Waals surface area (Å²) in [5.74, 6) is -0.658. The van der Waals surface area contributed by atoms with E-state index in [1.807, 2.05) is 0 Å². The zero-order chi connectivity index (χ0) is 20.2. The minimum absolute atomic E-state index is 0.190. The fourth-order valence-corrected chi connectivity index (χ4v) is 2.57. The molecule has 0 bridgehead atoms. The van der Waals surface area contributed by atoms with Crippen LogP contribution in [0.25, 0.3) is 5.69 Å². The molecule has 0 fully saturated rings. The summed E-state index contributed by atoms with van der Waals surface area (Å²) < 4.78 is 45.8. The Labute approximate surface area is 154 Å². The van der Waals surface area contributed by atoms with Gasteiger partial charge >= 0.3 is 6.18 Å². The molecule has 6 nitrogen and oxygen atoms in total. The second-order valence-electron chi connectivity index (χ2n) is 6.00. The summed E-state index contributed by atoms with van der Waals surface area (Å²) in [7, 11) is 3.02. The van der Waals surface area contributed by atoms with Crippen LogP contribution >= 0.6 is 0 Å². The first-order chi connectivity index (χ1) is 12.7. The molecule has 0 saturated carbocycles. The highest BCUT2D eigenvalue weighted by Gasteiger charge is 2.34. The van der Waals surface area contributed by atoms with E-state index in [1.54, 1.807) is 0 Å². The first kappa shape index (κ1) is 20.6. The number of methoxy groups -OCH3 is 1. The molecular weight excluding hydrogens is 363 g/mol. The SMILES string of the molecule is COCCCN(C)C(=O)c1nn(-c2ccccc2C(F)(F)F)c(C)cc1=O. The third-order valence-electron chi connectivity index (χ3n) is 3.94. The highest BCUT2D eigenvalue weighted by atomic mass is 19.4. The molecule has 27 heavy (non-hydrogen) atoms. The predicted octanol–water partition coefficient (Wildman–Crippen LogP) is 2.67. The van der Waals surface area contributed by atoms with Crippen molar-refractivity contribution in [2.45, 2.75) is 19.5 Å². The largest absolute Gasteiger partial charge is 0.418 e. The van der Waals surface area contributed by atoms with Crippen LogP contribution in [0.4, 0.5) is 13.2 Å². The van der Waals surface area contributed by atoms with E-state index in [2.05, 4.69) is 5.10 Å². The third-order valence-corrected chi connectivity index (χ3v) is 3.94. The van der Waals surface area contributed by atoms with Gasteiger partial charge in [-0.2, -0.15) is 18.3 Å². The van der Waals surface area contributed by atoms with Crippen molar-refractivity contribution in [3.05, 3.63) is 57.5 Å². The monoisotopic (exact) mass is 383 g/mol. The van der Waals surface area contributed by atoms with E-state index in [4.69, 9.17) is 4.74 Å². The summed E-state index contributed by atoms with van der Waals surface area (Å²) in [5, 5.41) is 3.95. The minimum atomic E-state index is -4.60. The van der Waals surface area contributed by atoms with Gasteiger partial charge in [-0.05, 0) is 25.5 Å². The molecule has 0 aliphatic carbocycles. The predicted molar refractivity (Wildman–Crippen MR) is 93.0 cm³/mol. The Morgan fingerprint density at radius 1 is 1.30 bits per heavy atom. The van der Waals surface area contributed by atoms with Gasteiger partial charge in [-0.3, -0.25) is 9.59 Å². The molecule has 0 radical (unpaired) electrons. The Balaban J connectivity index is 2.49. The second kappa shape index (κ2) is 8.34. The van der Waals surface area contributed by atoms with Crippen LogP contribution in [0.2, 0.25) is 0 Å². The molecule has 0 unspecified atom stereocenters. The normalized spacial score (nSPS) is 11.5. The number of nitrogens with zero attached hydrogens (tertiary/aromatic N) is 3. The van der Waals surface area contributed by atoms with Crippen molar-refractivity contribution < 1.29 is 22.7 Å². The van der Waals surface area contributed by atoms with Crippen LogP contribution in [0.15, 0.2) is 35.1 Å². The van der Waals surface area contributed by atoms with E-state index < -0.39 is 28.8 Å². The summed E-state index contributed by atoms with van der Waals surface area (Å²) in [6.07, 6.45) is -4.05. The zero-order valence-electron chi connectivity index (χ0n) is 15.2. The van der Waals surface area contributed by atoms with Crippen LogP contribution in [-0.4, -0.2) is 47.9 Å². The number of para-hydroxylation sites is 1. The van der Waals surface area contributed by atoms with Gasteiger partial charge in [0.1, 0.15) is 0 Å². The van der Waals surface area contributed by atoms with Crippen LogP contribution in [0, 0.1) is 6.92 Å². The molecule has 0 saturated heterocycles. The number of aryl methyl sites for hydroxylation is 1. The van der Waals surface area contributed by atoms with Crippen molar-refractivity contribution in [1.82, 2.24) is 14.7 Å². The van der Waals surface area contributed by atoms with Gasteiger partial charge in [-0.25, -0.2) is 4.68 Å². The topological polar surface area (TPSA) is 64.4 Å². The minimum Gasteiger partial charge on any atom is -0.385 e. The molecule has 1 aromatic heterocycles. The molecule has 2 rings (SSSR count). The second-order valence-corrected chi connectivity index (χ2v) is 6.00. The molecule has 0 aliphatic rings. The molecule has 1 heterocycles. The van der Waals surface area contributed by atoms with E-state index in [-0.39, 0.29) is 11.4 Å².